The second-order valence-corrected chi connectivity index (χ2v) is 13.8. The molecule has 6 nitrogen and oxygen atoms in total. The van der Waals surface area contributed by atoms with Crippen molar-refractivity contribution in [3.8, 4) is 5.75 Å². The molecule has 1 saturated carbocycles. The van der Waals surface area contributed by atoms with Crippen LogP contribution in [-0.2, 0) is 17.4 Å². The Morgan fingerprint density at radius 3 is 2.22 bits per heavy atom. The molecule has 0 radical (unpaired) electrons. The molecule has 6 heteroatoms. The first-order valence-electron chi connectivity index (χ1n) is 15.0. The monoisotopic (exact) mass is 561 g/mol. The van der Waals surface area contributed by atoms with Gasteiger partial charge in [-0.2, -0.15) is 4.98 Å². The first-order chi connectivity index (χ1) is 18.9. The van der Waals surface area contributed by atoms with Gasteiger partial charge in [0.05, 0.1) is 12.6 Å². The Morgan fingerprint density at radius 1 is 0.927 bits per heavy atom. The normalized spacial score (nSPS) is 17.7. The molecule has 0 bridgehead atoms. The Bertz CT molecular complexity index is 1280. The molecule has 0 atom stereocenters. The molecule has 0 unspecified atom stereocenters. The minimum Gasteiger partial charge on any atom is -0.496 e. The highest BCUT2D eigenvalue weighted by atomic mass is 16.5. The lowest BCUT2D eigenvalue weighted by atomic mass is 9.79. The molecule has 2 N–H and O–H groups in total. The number of methoxy groups -OCH3 is 1. The zero-order valence-corrected chi connectivity index (χ0v) is 26.3. The molecule has 1 fully saturated rings. The van der Waals surface area contributed by atoms with Crippen LogP contribution in [0.25, 0.3) is 10.9 Å². The molecule has 1 aliphatic rings. The minimum atomic E-state index is 0. The number of aromatic nitrogens is 2. The van der Waals surface area contributed by atoms with Crippen LogP contribution in [0.2, 0.25) is 0 Å². The van der Waals surface area contributed by atoms with E-state index in [0.29, 0.717) is 6.04 Å². The fourth-order valence-electron chi connectivity index (χ4n) is 5.82. The molecule has 0 saturated heterocycles. The molecular formula is C35H55N5O. The third-order valence-electron chi connectivity index (χ3n) is 8.28. The lowest BCUT2D eigenvalue weighted by Crippen LogP contribution is -2.29. The van der Waals surface area contributed by atoms with Crippen molar-refractivity contribution in [1.29, 1.82) is 0 Å². The van der Waals surface area contributed by atoms with Gasteiger partial charge in [0.1, 0.15) is 11.6 Å². The third-order valence-corrected chi connectivity index (χ3v) is 8.28. The standard InChI is InChI=1S/C34H51N5O.CH4/c1-33(2,3)25-20-24(30(40-9)28(21-25)34(4,5)6)22-35-19-18-23-14-16-26(17-15-23)36-32-37-29-13-11-10-12-27(29)31(38-32)39(7)8;/h10-13,20-21,23,26,35H,14-19,22H2,1-9H3,(H,36,37,38);1H4. The minimum absolute atomic E-state index is 0. The Labute approximate surface area is 249 Å². The van der Waals surface area contributed by atoms with E-state index in [4.69, 9.17) is 14.7 Å². The summed E-state index contributed by atoms with van der Waals surface area (Å²) in [6.45, 7) is 15.5. The fraction of sp³-hybridized carbons (Fsp3) is 0.600. The van der Waals surface area contributed by atoms with E-state index >= 15 is 0 Å². The maximum Gasteiger partial charge on any atom is 0.225 e. The summed E-state index contributed by atoms with van der Waals surface area (Å²) in [5.74, 6) is 3.50. The molecule has 0 aliphatic heterocycles. The van der Waals surface area contributed by atoms with Crippen LogP contribution in [0, 0.1) is 5.92 Å². The summed E-state index contributed by atoms with van der Waals surface area (Å²) in [7, 11) is 5.89. The quantitative estimate of drug-likeness (QED) is 0.258. The Morgan fingerprint density at radius 2 is 1.61 bits per heavy atom. The van der Waals surface area contributed by atoms with Crippen LogP contribution in [-0.4, -0.2) is 43.8 Å². The van der Waals surface area contributed by atoms with Crippen molar-refractivity contribution < 1.29 is 4.74 Å². The molecular weight excluding hydrogens is 506 g/mol. The SMILES string of the molecule is C.COc1c(CNCCC2CCC(Nc3nc(N(C)C)c4ccccc4n3)CC2)cc(C(C)(C)C)cc1C(C)(C)C. The number of para-hydroxylation sites is 1. The van der Waals surface area contributed by atoms with Crippen LogP contribution >= 0.6 is 0 Å². The van der Waals surface area contributed by atoms with Gasteiger partial charge in [0.25, 0.3) is 0 Å². The van der Waals surface area contributed by atoms with Crippen molar-refractivity contribution >= 4 is 22.7 Å². The van der Waals surface area contributed by atoms with E-state index in [2.05, 4.69) is 81.3 Å². The smallest absolute Gasteiger partial charge is 0.225 e. The second kappa shape index (κ2) is 13.4. The van der Waals surface area contributed by atoms with E-state index in [9.17, 15) is 0 Å². The van der Waals surface area contributed by atoms with Gasteiger partial charge in [-0.15, -0.1) is 0 Å². The van der Waals surface area contributed by atoms with Crippen molar-refractivity contribution in [1.82, 2.24) is 15.3 Å². The molecule has 2 aromatic carbocycles. The van der Waals surface area contributed by atoms with Gasteiger partial charge in [-0.25, -0.2) is 4.98 Å². The van der Waals surface area contributed by atoms with Crippen molar-refractivity contribution in [2.24, 2.45) is 5.92 Å². The zero-order valence-electron chi connectivity index (χ0n) is 26.3. The molecule has 226 valence electrons. The highest BCUT2D eigenvalue weighted by molar-refractivity contribution is 5.90. The van der Waals surface area contributed by atoms with Crippen molar-refractivity contribution in [3.63, 3.8) is 0 Å². The van der Waals surface area contributed by atoms with Crippen LogP contribution in [0.4, 0.5) is 11.8 Å². The van der Waals surface area contributed by atoms with Crippen molar-refractivity contribution in [2.75, 3.05) is 38.0 Å². The molecule has 1 heterocycles. The largest absolute Gasteiger partial charge is 0.496 e. The zero-order chi connectivity index (χ0) is 29.1. The van der Waals surface area contributed by atoms with E-state index in [0.717, 1.165) is 60.3 Å². The van der Waals surface area contributed by atoms with Gasteiger partial charge in [0.15, 0.2) is 0 Å². The van der Waals surface area contributed by atoms with Crippen LogP contribution in [0.3, 0.4) is 0 Å². The number of benzene rings is 2. The Hall–Kier alpha value is -2.86. The van der Waals surface area contributed by atoms with Gasteiger partial charge in [-0.1, -0.05) is 73.2 Å². The maximum atomic E-state index is 5.96. The second-order valence-electron chi connectivity index (χ2n) is 13.8. The Balaban J connectivity index is 0.00000462. The summed E-state index contributed by atoms with van der Waals surface area (Å²) in [4.78, 5) is 11.7. The molecule has 3 aromatic rings. The molecule has 1 aromatic heterocycles. The third kappa shape index (κ3) is 8.12. The topological polar surface area (TPSA) is 62.3 Å². The summed E-state index contributed by atoms with van der Waals surface area (Å²) >= 11 is 0. The highest BCUT2D eigenvalue weighted by Crippen LogP contribution is 2.38. The molecule has 41 heavy (non-hydrogen) atoms. The van der Waals surface area contributed by atoms with E-state index in [1.807, 2.05) is 33.3 Å². The summed E-state index contributed by atoms with van der Waals surface area (Å²) in [5.41, 5.74) is 5.04. The fourth-order valence-corrected chi connectivity index (χ4v) is 5.82. The number of fused-ring (bicyclic) bond motifs is 1. The lowest BCUT2D eigenvalue weighted by molar-refractivity contribution is 0.316. The number of anilines is 2. The number of nitrogens with one attached hydrogen (secondary N) is 2. The molecule has 4 rings (SSSR count). The average Bonchev–Trinajstić information content (AvgIpc) is 2.90. The number of rotatable bonds is 9. The number of hydrogen-bond acceptors (Lipinski definition) is 6. The van der Waals surface area contributed by atoms with Gasteiger partial charge in [-0.05, 0) is 73.1 Å². The number of ether oxygens (including phenoxy) is 1. The van der Waals surface area contributed by atoms with Gasteiger partial charge in [0.2, 0.25) is 5.95 Å². The van der Waals surface area contributed by atoms with Crippen molar-refractivity contribution in [2.45, 2.75) is 104 Å². The Kier molecular flexibility index (Phi) is 10.7. The summed E-state index contributed by atoms with van der Waals surface area (Å²) in [5, 5.41) is 8.48. The predicted octanol–water partition coefficient (Wildman–Crippen LogP) is 8.09. The summed E-state index contributed by atoms with van der Waals surface area (Å²) in [6.07, 6.45) is 6.01. The molecule has 0 spiro atoms. The van der Waals surface area contributed by atoms with E-state index in [1.165, 1.54) is 36.0 Å². The first kappa shape index (κ1) is 32.7. The summed E-state index contributed by atoms with van der Waals surface area (Å²) < 4.78 is 5.96. The average molecular weight is 562 g/mol. The van der Waals surface area contributed by atoms with E-state index in [-0.39, 0.29) is 18.3 Å². The predicted molar refractivity (Wildman–Crippen MR) is 177 cm³/mol. The lowest BCUT2D eigenvalue weighted by Gasteiger charge is -2.30. The van der Waals surface area contributed by atoms with Gasteiger partial charge in [0, 0.05) is 43.2 Å². The van der Waals surface area contributed by atoms with Crippen LogP contribution in [0.5, 0.6) is 5.75 Å². The number of nitrogens with zero attached hydrogens (tertiary/aromatic N) is 3. The van der Waals surface area contributed by atoms with Gasteiger partial charge >= 0.3 is 0 Å². The molecule has 1 aliphatic carbocycles. The number of hydrogen-bond donors (Lipinski definition) is 2. The van der Waals surface area contributed by atoms with E-state index < -0.39 is 0 Å². The van der Waals surface area contributed by atoms with Crippen molar-refractivity contribution in [3.05, 3.63) is 53.1 Å². The maximum absolute atomic E-state index is 5.96. The summed E-state index contributed by atoms with van der Waals surface area (Å²) in [6, 6.07) is 13.4. The highest BCUT2D eigenvalue weighted by Gasteiger charge is 2.26. The van der Waals surface area contributed by atoms with E-state index in [1.54, 1.807) is 0 Å². The van der Waals surface area contributed by atoms with Crippen LogP contribution < -0.4 is 20.3 Å². The van der Waals surface area contributed by atoms with Gasteiger partial charge < -0.3 is 20.3 Å². The van der Waals surface area contributed by atoms with Crippen LogP contribution in [0.15, 0.2) is 36.4 Å². The van der Waals surface area contributed by atoms with Gasteiger partial charge in [-0.3, -0.25) is 0 Å². The molecule has 0 amide bonds. The first-order valence-corrected chi connectivity index (χ1v) is 15.0. The van der Waals surface area contributed by atoms with Crippen LogP contribution in [0.1, 0.15) is 97.8 Å².